The molecule has 1 aromatic carbocycles. The summed E-state index contributed by atoms with van der Waals surface area (Å²) in [4.78, 5) is 20.7. The molecule has 4 nitrogen and oxygen atoms in total. The average molecular weight is 295 g/mol. The summed E-state index contributed by atoms with van der Waals surface area (Å²) in [6.07, 6.45) is -1.86. The maximum absolute atomic E-state index is 12.5. The number of carbonyl (C=O) groups excluding carboxylic acids is 1. The van der Waals surface area contributed by atoms with Crippen LogP contribution in [0.1, 0.15) is 16.8 Å². The summed E-state index contributed by atoms with van der Waals surface area (Å²) in [5, 5.41) is 0. The number of imidazole rings is 1. The average Bonchev–Trinajstić information content (AvgIpc) is 2.93. The quantitative estimate of drug-likeness (QED) is 0.822. The van der Waals surface area contributed by atoms with E-state index in [0.717, 1.165) is 17.1 Å². The zero-order chi connectivity index (χ0) is 15.0. The topological polar surface area (TPSA) is 49.0 Å². The monoisotopic (exact) mass is 295 g/mol. The smallest absolute Gasteiger partial charge is 0.345 e. The Hall–Kier alpha value is -2.31. The Morgan fingerprint density at radius 1 is 1.33 bits per heavy atom. The predicted octanol–water partition coefficient (Wildman–Crippen LogP) is 2.90. The fourth-order valence-corrected chi connectivity index (χ4v) is 2.36. The molecule has 2 aromatic rings. The fourth-order valence-electron chi connectivity index (χ4n) is 2.36. The lowest BCUT2D eigenvalue weighted by molar-refractivity contribution is -0.0957. The van der Waals surface area contributed by atoms with Crippen LogP contribution < -0.4 is 0 Å². The van der Waals surface area contributed by atoms with Gasteiger partial charge in [-0.25, -0.2) is 4.98 Å². The van der Waals surface area contributed by atoms with Crippen molar-refractivity contribution >= 4 is 16.9 Å². The summed E-state index contributed by atoms with van der Waals surface area (Å²) in [5.74, 6) is -0.274. The van der Waals surface area contributed by atoms with Crippen molar-refractivity contribution in [2.75, 3.05) is 13.1 Å². The van der Waals surface area contributed by atoms with Gasteiger partial charge in [-0.05, 0) is 24.6 Å². The van der Waals surface area contributed by atoms with Gasteiger partial charge in [-0.15, -0.1) is 0 Å². The number of hydrogen-bond donors (Lipinski definition) is 1. The molecule has 0 bridgehead atoms. The Labute approximate surface area is 118 Å². The summed E-state index contributed by atoms with van der Waals surface area (Å²) < 4.78 is 37.6. The van der Waals surface area contributed by atoms with Crippen molar-refractivity contribution in [3.8, 4) is 0 Å². The molecule has 1 aliphatic heterocycles. The minimum atomic E-state index is -4.30. The molecule has 21 heavy (non-hydrogen) atoms. The second-order valence-electron chi connectivity index (χ2n) is 4.86. The normalized spacial score (nSPS) is 16.1. The SMILES string of the molecule is O=C(c1ccc2nc[nH]c2c1)N1CC=C(C(F)(F)F)CC1. The van der Waals surface area contributed by atoms with Crippen LogP contribution in [0.5, 0.6) is 0 Å². The standard InChI is InChI=1S/C14H12F3N3O/c15-14(16,17)10-3-5-20(6-4-10)13(21)9-1-2-11-12(7-9)19-8-18-11/h1-3,7-8H,4-6H2,(H,18,19). The summed E-state index contributed by atoms with van der Waals surface area (Å²) in [7, 11) is 0. The molecule has 0 fully saturated rings. The number of benzene rings is 1. The van der Waals surface area contributed by atoms with Gasteiger partial charge in [0.2, 0.25) is 0 Å². The number of halogens is 3. The Kier molecular flexibility index (Phi) is 3.19. The maximum Gasteiger partial charge on any atom is 0.412 e. The molecule has 0 aliphatic carbocycles. The van der Waals surface area contributed by atoms with Gasteiger partial charge in [0, 0.05) is 24.2 Å². The number of nitrogens with one attached hydrogen (secondary N) is 1. The molecule has 110 valence electrons. The van der Waals surface area contributed by atoms with Gasteiger partial charge in [-0.1, -0.05) is 6.08 Å². The molecule has 0 unspecified atom stereocenters. The van der Waals surface area contributed by atoms with Gasteiger partial charge in [0.15, 0.2) is 0 Å². The number of alkyl halides is 3. The van der Waals surface area contributed by atoms with E-state index >= 15 is 0 Å². The lowest BCUT2D eigenvalue weighted by atomic mass is 10.1. The molecule has 0 saturated heterocycles. The van der Waals surface area contributed by atoms with Crippen LogP contribution in [-0.4, -0.2) is 40.0 Å². The summed E-state index contributed by atoms with van der Waals surface area (Å²) in [6.45, 7) is 0.0554. The minimum Gasteiger partial charge on any atom is -0.345 e. The van der Waals surface area contributed by atoms with E-state index in [4.69, 9.17) is 0 Å². The fraction of sp³-hybridized carbons (Fsp3) is 0.286. The number of fused-ring (bicyclic) bond motifs is 1. The van der Waals surface area contributed by atoms with Crippen molar-refractivity contribution in [1.82, 2.24) is 14.9 Å². The second kappa shape index (κ2) is 4.91. The first-order chi connectivity index (χ1) is 9.95. The number of aromatic nitrogens is 2. The first-order valence-electron chi connectivity index (χ1n) is 6.44. The van der Waals surface area contributed by atoms with E-state index in [1.165, 1.54) is 11.2 Å². The molecule has 7 heteroatoms. The van der Waals surface area contributed by atoms with E-state index in [0.29, 0.717) is 5.56 Å². The molecular weight excluding hydrogens is 283 g/mol. The number of H-pyrrole nitrogens is 1. The number of rotatable bonds is 1. The Morgan fingerprint density at radius 2 is 2.14 bits per heavy atom. The summed E-state index contributed by atoms with van der Waals surface area (Å²) in [6, 6.07) is 5.00. The Bertz CT molecular complexity index is 718. The van der Waals surface area contributed by atoms with Crippen molar-refractivity contribution in [2.24, 2.45) is 0 Å². The van der Waals surface area contributed by atoms with Crippen molar-refractivity contribution < 1.29 is 18.0 Å². The van der Waals surface area contributed by atoms with Crippen LogP contribution in [0.15, 0.2) is 36.2 Å². The zero-order valence-electron chi connectivity index (χ0n) is 10.9. The molecule has 1 aliphatic rings. The highest BCUT2D eigenvalue weighted by Gasteiger charge is 2.35. The highest BCUT2D eigenvalue weighted by molar-refractivity contribution is 5.97. The molecule has 3 rings (SSSR count). The van der Waals surface area contributed by atoms with Crippen molar-refractivity contribution in [3.63, 3.8) is 0 Å². The van der Waals surface area contributed by atoms with E-state index in [-0.39, 0.29) is 25.4 Å². The van der Waals surface area contributed by atoms with Gasteiger partial charge in [0.1, 0.15) is 0 Å². The largest absolute Gasteiger partial charge is 0.412 e. The van der Waals surface area contributed by atoms with E-state index in [1.807, 2.05) is 0 Å². The third-order valence-corrected chi connectivity index (χ3v) is 3.53. The lowest BCUT2D eigenvalue weighted by Gasteiger charge is -2.27. The molecule has 1 aromatic heterocycles. The lowest BCUT2D eigenvalue weighted by Crippen LogP contribution is -2.36. The number of nitrogens with zero attached hydrogens (tertiary/aromatic N) is 2. The van der Waals surface area contributed by atoms with Gasteiger partial charge >= 0.3 is 6.18 Å². The number of carbonyl (C=O) groups is 1. The van der Waals surface area contributed by atoms with Crippen LogP contribution in [-0.2, 0) is 0 Å². The molecule has 0 saturated carbocycles. The van der Waals surface area contributed by atoms with Crippen LogP contribution in [0.2, 0.25) is 0 Å². The predicted molar refractivity (Wildman–Crippen MR) is 70.8 cm³/mol. The van der Waals surface area contributed by atoms with Gasteiger partial charge in [0.05, 0.1) is 17.4 Å². The molecule has 1 amide bonds. The van der Waals surface area contributed by atoms with Gasteiger partial charge < -0.3 is 9.88 Å². The third kappa shape index (κ3) is 2.63. The molecule has 2 heterocycles. The number of amides is 1. The Morgan fingerprint density at radius 3 is 2.81 bits per heavy atom. The number of hydrogen-bond acceptors (Lipinski definition) is 2. The Balaban J connectivity index is 1.79. The molecular formula is C14H12F3N3O. The third-order valence-electron chi connectivity index (χ3n) is 3.53. The van der Waals surface area contributed by atoms with Gasteiger partial charge in [0.25, 0.3) is 5.91 Å². The number of aromatic amines is 1. The highest BCUT2D eigenvalue weighted by atomic mass is 19.4. The van der Waals surface area contributed by atoms with Crippen molar-refractivity contribution in [1.29, 1.82) is 0 Å². The molecule has 0 spiro atoms. The zero-order valence-corrected chi connectivity index (χ0v) is 10.9. The van der Waals surface area contributed by atoms with Crippen LogP contribution in [0.3, 0.4) is 0 Å². The highest BCUT2D eigenvalue weighted by Crippen LogP contribution is 2.30. The molecule has 0 radical (unpaired) electrons. The van der Waals surface area contributed by atoms with E-state index in [1.54, 1.807) is 18.2 Å². The summed E-state index contributed by atoms with van der Waals surface area (Å²) >= 11 is 0. The van der Waals surface area contributed by atoms with Crippen LogP contribution in [0.4, 0.5) is 13.2 Å². The van der Waals surface area contributed by atoms with Crippen molar-refractivity contribution in [3.05, 3.63) is 41.7 Å². The maximum atomic E-state index is 12.5. The van der Waals surface area contributed by atoms with E-state index < -0.39 is 11.7 Å². The first-order valence-corrected chi connectivity index (χ1v) is 6.44. The van der Waals surface area contributed by atoms with E-state index in [9.17, 15) is 18.0 Å². The van der Waals surface area contributed by atoms with E-state index in [2.05, 4.69) is 9.97 Å². The van der Waals surface area contributed by atoms with Gasteiger partial charge in [-0.3, -0.25) is 4.79 Å². The second-order valence-corrected chi connectivity index (χ2v) is 4.86. The molecule has 0 atom stereocenters. The van der Waals surface area contributed by atoms with Crippen LogP contribution >= 0.6 is 0 Å². The first kappa shape index (κ1) is 13.7. The van der Waals surface area contributed by atoms with Crippen LogP contribution in [0.25, 0.3) is 11.0 Å². The molecule has 1 N–H and O–H groups in total. The minimum absolute atomic E-state index is 0.0192. The summed E-state index contributed by atoms with van der Waals surface area (Å²) in [5.41, 5.74) is 1.35. The van der Waals surface area contributed by atoms with Crippen molar-refractivity contribution in [2.45, 2.75) is 12.6 Å². The van der Waals surface area contributed by atoms with Gasteiger partial charge in [-0.2, -0.15) is 13.2 Å². The van der Waals surface area contributed by atoms with Crippen LogP contribution in [0, 0.1) is 0 Å².